The first-order valence-electron chi connectivity index (χ1n) is 4.60. The molecule has 0 radical (unpaired) electrons. The summed E-state index contributed by atoms with van der Waals surface area (Å²) in [6.45, 7) is 0. The molecule has 0 atom stereocenters. The van der Waals surface area contributed by atoms with Crippen LogP contribution in [-0.4, -0.2) is 13.0 Å². The van der Waals surface area contributed by atoms with Gasteiger partial charge in [-0.25, -0.2) is 5.48 Å². The second kappa shape index (κ2) is 2.73. The van der Waals surface area contributed by atoms with Crippen LogP contribution in [0.2, 0.25) is 0 Å². The molecule has 2 fully saturated rings. The lowest BCUT2D eigenvalue weighted by molar-refractivity contribution is -0.141. The first-order chi connectivity index (χ1) is 5.77. The number of nitrogens with one attached hydrogen (secondary N) is 1. The summed E-state index contributed by atoms with van der Waals surface area (Å²) >= 11 is 0. The molecule has 0 unspecified atom stereocenters. The summed E-state index contributed by atoms with van der Waals surface area (Å²) in [6.07, 6.45) is 5.68. The van der Waals surface area contributed by atoms with Crippen molar-refractivity contribution in [1.29, 1.82) is 0 Å². The van der Waals surface area contributed by atoms with Crippen molar-refractivity contribution in [3.05, 3.63) is 0 Å². The molecule has 0 heterocycles. The van der Waals surface area contributed by atoms with E-state index in [-0.39, 0.29) is 11.3 Å². The Morgan fingerprint density at radius 3 is 2.58 bits per heavy atom. The fraction of sp³-hybridized carbons (Fsp3) is 0.889. The fourth-order valence-electron chi connectivity index (χ4n) is 2.71. The summed E-state index contributed by atoms with van der Waals surface area (Å²) in [5.41, 5.74) is 2.41. The van der Waals surface area contributed by atoms with Gasteiger partial charge >= 0.3 is 0 Å². The highest BCUT2D eigenvalue weighted by Crippen LogP contribution is 2.54. The lowest BCUT2D eigenvalue weighted by Crippen LogP contribution is -2.37. The topological polar surface area (TPSA) is 38.3 Å². The van der Waals surface area contributed by atoms with Crippen molar-refractivity contribution in [2.45, 2.75) is 32.1 Å². The molecule has 0 aromatic heterocycles. The van der Waals surface area contributed by atoms with Crippen molar-refractivity contribution in [3.8, 4) is 0 Å². The van der Waals surface area contributed by atoms with E-state index in [0.29, 0.717) is 0 Å². The van der Waals surface area contributed by atoms with E-state index in [2.05, 4.69) is 10.3 Å². The quantitative estimate of drug-likeness (QED) is 0.632. The Bertz CT molecular complexity index is 195. The van der Waals surface area contributed by atoms with Gasteiger partial charge in [0.05, 0.1) is 12.5 Å². The van der Waals surface area contributed by atoms with E-state index < -0.39 is 0 Å². The van der Waals surface area contributed by atoms with Crippen LogP contribution in [0.3, 0.4) is 0 Å². The number of hydrogen-bond acceptors (Lipinski definition) is 2. The summed E-state index contributed by atoms with van der Waals surface area (Å²) in [6, 6.07) is 0. The molecule has 1 N–H and O–H groups in total. The first-order valence-corrected chi connectivity index (χ1v) is 4.60. The highest BCUT2D eigenvalue weighted by molar-refractivity contribution is 5.82. The summed E-state index contributed by atoms with van der Waals surface area (Å²) < 4.78 is 0. The van der Waals surface area contributed by atoms with Crippen LogP contribution in [-0.2, 0) is 9.63 Å². The number of carbonyl (C=O) groups excluding carboxylic acids is 1. The van der Waals surface area contributed by atoms with Crippen molar-refractivity contribution in [1.82, 2.24) is 5.48 Å². The molecule has 3 nitrogen and oxygen atoms in total. The molecular weight excluding hydrogens is 154 g/mol. The lowest BCUT2D eigenvalue weighted by Gasteiger charge is -2.23. The molecule has 1 amide bonds. The van der Waals surface area contributed by atoms with E-state index in [1.54, 1.807) is 0 Å². The second-order valence-electron chi connectivity index (χ2n) is 4.06. The minimum atomic E-state index is -0.0549. The molecule has 2 saturated carbocycles. The molecule has 68 valence electrons. The van der Waals surface area contributed by atoms with Crippen LogP contribution in [0.4, 0.5) is 0 Å². The average Bonchev–Trinajstić information content (AvgIpc) is 2.64. The zero-order valence-electron chi connectivity index (χ0n) is 7.43. The predicted octanol–water partition coefficient (Wildman–Crippen LogP) is 1.24. The number of hydrogen-bond donors (Lipinski definition) is 1. The molecule has 0 spiro atoms. The second-order valence-corrected chi connectivity index (χ2v) is 4.06. The van der Waals surface area contributed by atoms with E-state index in [1.807, 2.05) is 0 Å². The number of rotatable bonds is 2. The third kappa shape index (κ3) is 1.04. The minimum absolute atomic E-state index is 0.0549. The molecular formula is C9H15NO2. The van der Waals surface area contributed by atoms with Gasteiger partial charge in [0.1, 0.15) is 0 Å². The Kier molecular flexibility index (Phi) is 1.83. The zero-order valence-corrected chi connectivity index (χ0v) is 7.43. The standard InChI is InChI=1S/C9H15NO2/c1-12-10-8(11)9-4-2-7(6-9)3-5-9/h7H,2-6H2,1H3,(H,10,11). The van der Waals surface area contributed by atoms with Crippen molar-refractivity contribution in [2.24, 2.45) is 11.3 Å². The minimum Gasteiger partial charge on any atom is -0.277 e. The summed E-state index contributed by atoms with van der Waals surface area (Å²) in [7, 11) is 1.50. The van der Waals surface area contributed by atoms with Gasteiger partial charge in [-0.2, -0.15) is 0 Å². The van der Waals surface area contributed by atoms with Crippen LogP contribution in [0, 0.1) is 11.3 Å². The van der Waals surface area contributed by atoms with Crippen LogP contribution in [0.15, 0.2) is 0 Å². The SMILES string of the molecule is CONC(=O)C12CCC(CC1)C2. The average molecular weight is 169 g/mol. The third-order valence-electron chi connectivity index (χ3n) is 3.42. The van der Waals surface area contributed by atoms with E-state index in [4.69, 9.17) is 0 Å². The van der Waals surface area contributed by atoms with E-state index in [1.165, 1.54) is 20.0 Å². The number of carbonyl (C=O) groups is 1. The highest BCUT2D eigenvalue weighted by Gasteiger charge is 2.49. The number of amides is 1. The maximum absolute atomic E-state index is 11.6. The Hall–Kier alpha value is -0.570. The Morgan fingerprint density at radius 2 is 2.17 bits per heavy atom. The smallest absolute Gasteiger partial charge is 0.249 e. The molecule has 12 heavy (non-hydrogen) atoms. The van der Waals surface area contributed by atoms with Crippen LogP contribution >= 0.6 is 0 Å². The van der Waals surface area contributed by atoms with Crippen molar-refractivity contribution in [3.63, 3.8) is 0 Å². The van der Waals surface area contributed by atoms with E-state index in [9.17, 15) is 4.79 Å². The van der Waals surface area contributed by atoms with Crippen molar-refractivity contribution < 1.29 is 9.63 Å². The Balaban J connectivity index is 2.06. The lowest BCUT2D eigenvalue weighted by atomic mass is 9.84. The van der Waals surface area contributed by atoms with Crippen molar-refractivity contribution in [2.75, 3.05) is 7.11 Å². The third-order valence-corrected chi connectivity index (χ3v) is 3.42. The molecule has 0 saturated heterocycles. The molecule has 2 aliphatic rings. The molecule has 0 aromatic rings. The largest absolute Gasteiger partial charge is 0.277 e. The maximum Gasteiger partial charge on any atom is 0.249 e. The highest BCUT2D eigenvalue weighted by atomic mass is 16.6. The van der Waals surface area contributed by atoms with Crippen LogP contribution in [0.1, 0.15) is 32.1 Å². The predicted molar refractivity (Wildman–Crippen MR) is 44.2 cm³/mol. The van der Waals surface area contributed by atoms with E-state index in [0.717, 1.165) is 25.2 Å². The monoisotopic (exact) mass is 169 g/mol. The van der Waals surface area contributed by atoms with Gasteiger partial charge in [-0.3, -0.25) is 9.63 Å². The van der Waals surface area contributed by atoms with Gasteiger partial charge in [-0.05, 0) is 38.0 Å². The molecule has 0 aliphatic heterocycles. The van der Waals surface area contributed by atoms with Crippen LogP contribution in [0.5, 0.6) is 0 Å². The summed E-state index contributed by atoms with van der Waals surface area (Å²) in [5.74, 6) is 0.914. The van der Waals surface area contributed by atoms with E-state index >= 15 is 0 Å². The first kappa shape index (κ1) is 8.05. The summed E-state index contributed by atoms with van der Waals surface area (Å²) in [5, 5.41) is 0. The normalized spacial score (nSPS) is 38.6. The van der Waals surface area contributed by atoms with Crippen LogP contribution in [0.25, 0.3) is 0 Å². The van der Waals surface area contributed by atoms with Crippen molar-refractivity contribution >= 4 is 5.91 Å². The van der Waals surface area contributed by atoms with Gasteiger partial charge in [0.25, 0.3) is 0 Å². The van der Waals surface area contributed by atoms with Gasteiger partial charge in [0, 0.05) is 0 Å². The van der Waals surface area contributed by atoms with Gasteiger partial charge in [-0.1, -0.05) is 0 Å². The van der Waals surface area contributed by atoms with Gasteiger partial charge in [0.15, 0.2) is 0 Å². The Morgan fingerprint density at radius 1 is 1.50 bits per heavy atom. The van der Waals surface area contributed by atoms with Gasteiger partial charge in [0.2, 0.25) is 5.91 Å². The Labute approximate surface area is 72.4 Å². The summed E-state index contributed by atoms with van der Waals surface area (Å²) in [4.78, 5) is 16.3. The molecule has 2 bridgehead atoms. The maximum atomic E-state index is 11.6. The molecule has 2 rings (SSSR count). The fourth-order valence-corrected chi connectivity index (χ4v) is 2.71. The van der Waals surface area contributed by atoms with Crippen LogP contribution < -0.4 is 5.48 Å². The number of fused-ring (bicyclic) bond motifs is 2. The molecule has 3 heteroatoms. The van der Waals surface area contributed by atoms with Gasteiger partial charge in [-0.15, -0.1) is 0 Å². The zero-order chi connectivity index (χ0) is 8.60. The number of hydroxylamine groups is 1. The van der Waals surface area contributed by atoms with Gasteiger partial charge < -0.3 is 0 Å². The molecule has 2 aliphatic carbocycles. The molecule has 0 aromatic carbocycles.